The Bertz CT molecular complexity index is 1330. The second kappa shape index (κ2) is 10.5. The van der Waals surface area contributed by atoms with Crippen molar-refractivity contribution in [1.82, 2.24) is 5.32 Å². The summed E-state index contributed by atoms with van der Waals surface area (Å²) in [4.78, 5) is 17.5. The number of hydrogen-bond acceptors (Lipinski definition) is 5. The van der Waals surface area contributed by atoms with Crippen LogP contribution in [-0.2, 0) is 11.4 Å². The van der Waals surface area contributed by atoms with Crippen LogP contribution in [0.15, 0.2) is 64.5 Å². The fourth-order valence-electron chi connectivity index (χ4n) is 3.20. The Hall–Kier alpha value is -3.00. The molecular formula is C25H19Cl2FN2O3S. The zero-order chi connectivity index (χ0) is 24.2. The molecule has 4 rings (SSSR count). The van der Waals surface area contributed by atoms with Crippen molar-refractivity contribution in [2.24, 2.45) is 4.99 Å². The number of carbonyl (C=O) groups is 1. The van der Waals surface area contributed by atoms with Gasteiger partial charge in [0.25, 0.3) is 5.91 Å². The Labute approximate surface area is 210 Å². The van der Waals surface area contributed by atoms with Crippen molar-refractivity contribution in [1.29, 1.82) is 0 Å². The number of amides is 1. The van der Waals surface area contributed by atoms with Gasteiger partial charge in [0.2, 0.25) is 0 Å². The van der Waals surface area contributed by atoms with Crippen LogP contribution in [0.2, 0.25) is 10.0 Å². The Morgan fingerprint density at radius 2 is 1.91 bits per heavy atom. The van der Waals surface area contributed by atoms with E-state index in [4.69, 9.17) is 32.7 Å². The molecule has 0 saturated carbocycles. The zero-order valence-electron chi connectivity index (χ0n) is 18.2. The lowest BCUT2D eigenvalue weighted by molar-refractivity contribution is -0.115. The number of halogens is 3. The molecule has 1 saturated heterocycles. The largest absolute Gasteiger partial charge is 0.493 e. The molecule has 0 atom stereocenters. The maximum Gasteiger partial charge on any atom is 0.264 e. The normalized spacial score (nSPS) is 15.6. The summed E-state index contributed by atoms with van der Waals surface area (Å²) in [6.07, 6.45) is 1.69. The van der Waals surface area contributed by atoms with Crippen molar-refractivity contribution in [2.75, 3.05) is 7.11 Å². The highest BCUT2D eigenvalue weighted by atomic mass is 35.5. The van der Waals surface area contributed by atoms with Crippen LogP contribution in [-0.4, -0.2) is 18.2 Å². The molecule has 0 aromatic heterocycles. The van der Waals surface area contributed by atoms with Crippen LogP contribution >= 0.6 is 35.0 Å². The van der Waals surface area contributed by atoms with E-state index < -0.39 is 0 Å². The molecule has 5 nitrogen and oxygen atoms in total. The lowest BCUT2D eigenvalue weighted by atomic mass is 10.1. The SMILES string of the molecule is COc1cc(/C=C2/SC(=Nc3cccc(Cl)c3C)NC2=O)cc(Cl)c1OCc1cccc(F)c1. The number of thioether (sulfide) groups is 1. The van der Waals surface area contributed by atoms with Crippen molar-refractivity contribution in [3.8, 4) is 11.5 Å². The summed E-state index contributed by atoms with van der Waals surface area (Å²) in [6.45, 7) is 1.99. The molecule has 1 heterocycles. The molecular weight excluding hydrogens is 498 g/mol. The number of carbonyl (C=O) groups excluding carboxylic acids is 1. The van der Waals surface area contributed by atoms with Crippen LogP contribution in [0, 0.1) is 12.7 Å². The summed E-state index contributed by atoms with van der Waals surface area (Å²) >= 11 is 13.8. The highest BCUT2D eigenvalue weighted by Crippen LogP contribution is 2.39. The maximum atomic E-state index is 13.4. The number of nitrogens with one attached hydrogen (secondary N) is 1. The van der Waals surface area contributed by atoms with Gasteiger partial charge in [0.05, 0.1) is 22.7 Å². The van der Waals surface area contributed by atoms with Crippen LogP contribution < -0.4 is 14.8 Å². The van der Waals surface area contributed by atoms with Gasteiger partial charge < -0.3 is 14.8 Å². The van der Waals surface area contributed by atoms with Gasteiger partial charge in [0.1, 0.15) is 12.4 Å². The molecule has 0 radical (unpaired) electrons. The van der Waals surface area contributed by atoms with E-state index in [0.29, 0.717) is 48.4 Å². The molecule has 1 aliphatic heterocycles. The third-order valence-electron chi connectivity index (χ3n) is 4.93. The van der Waals surface area contributed by atoms with Gasteiger partial charge in [-0.05, 0) is 77.9 Å². The molecule has 34 heavy (non-hydrogen) atoms. The minimum Gasteiger partial charge on any atom is -0.493 e. The fraction of sp³-hybridized carbons (Fsp3) is 0.120. The zero-order valence-corrected chi connectivity index (χ0v) is 20.5. The van der Waals surface area contributed by atoms with Crippen molar-refractivity contribution < 1.29 is 18.7 Å². The van der Waals surface area contributed by atoms with E-state index in [1.165, 1.54) is 31.0 Å². The van der Waals surface area contributed by atoms with Crippen LogP contribution in [0.4, 0.5) is 10.1 Å². The molecule has 1 amide bonds. The van der Waals surface area contributed by atoms with E-state index in [0.717, 1.165) is 5.56 Å². The predicted octanol–water partition coefficient (Wildman–Crippen LogP) is 6.92. The Balaban J connectivity index is 1.55. The molecule has 1 N–H and O–H groups in total. The summed E-state index contributed by atoms with van der Waals surface area (Å²) in [5.41, 5.74) is 2.82. The quantitative estimate of drug-likeness (QED) is 0.361. The second-order valence-electron chi connectivity index (χ2n) is 7.32. The van der Waals surface area contributed by atoms with Gasteiger partial charge in [0, 0.05) is 5.02 Å². The van der Waals surface area contributed by atoms with Crippen LogP contribution in [0.25, 0.3) is 6.08 Å². The van der Waals surface area contributed by atoms with Crippen molar-refractivity contribution in [2.45, 2.75) is 13.5 Å². The van der Waals surface area contributed by atoms with Crippen LogP contribution in [0.1, 0.15) is 16.7 Å². The lowest BCUT2D eigenvalue weighted by Crippen LogP contribution is -2.19. The van der Waals surface area contributed by atoms with E-state index in [1.807, 2.05) is 13.0 Å². The van der Waals surface area contributed by atoms with Crippen LogP contribution in [0.3, 0.4) is 0 Å². The first-order valence-electron chi connectivity index (χ1n) is 10.1. The molecule has 3 aromatic carbocycles. The van der Waals surface area contributed by atoms with E-state index in [9.17, 15) is 9.18 Å². The van der Waals surface area contributed by atoms with E-state index in [2.05, 4.69) is 10.3 Å². The number of amidine groups is 1. The minimum absolute atomic E-state index is 0.120. The van der Waals surface area contributed by atoms with Gasteiger partial charge in [0.15, 0.2) is 16.7 Å². The number of aliphatic imine (C=N–C) groups is 1. The monoisotopic (exact) mass is 516 g/mol. The Kier molecular flexibility index (Phi) is 7.46. The smallest absolute Gasteiger partial charge is 0.264 e. The van der Waals surface area contributed by atoms with E-state index in [-0.39, 0.29) is 18.3 Å². The Morgan fingerprint density at radius 1 is 1.12 bits per heavy atom. The summed E-state index contributed by atoms with van der Waals surface area (Å²) in [5.74, 6) is 0.104. The summed E-state index contributed by atoms with van der Waals surface area (Å²) < 4.78 is 24.7. The molecule has 0 aliphatic carbocycles. The minimum atomic E-state index is -0.345. The first-order valence-corrected chi connectivity index (χ1v) is 11.7. The molecule has 0 bridgehead atoms. The highest BCUT2D eigenvalue weighted by molar-refractivity contribution is 8.18. The molecule has 9 heteroatoms. The van der Waals surface area contributed by atoms with Gasteiger partial charge in [-0.1, -0.05) is 41.4 Å². The topological polar surface area (TPSA) is 59.9 Å². The number of rotatable bonds is 6. The first kappa shape index (κ1) is 24.1. The average Bonchev–Trinajstić information content (AvgIpc) is 3.14. The molecule has 3 aromatic rings. The summed E-state index contributed by atoms with van der Waals surface area (Å²) in [7, 11) is 1.49. The number of nitrogens with zero attached hydrogens (tertiary/aromatic N) is 1. The summed E-state index contributed by atoms with van der Waals surface area (Å²) in [6, 6.07) is 14.9. The maximum absolute atomic E-state index is 13.4. The number of hydrogen-bond donors (Lipinski definition) is 1. The number of ether oxygens (including phenoxy) is 2. The molecule has 1 fully saturated rings. The van der Waals surface area contributed by atoms with Crippen molar-refractivity contribution in [3.63, 3.8) is 0 Å². The van der Waals surface area contributed by atoms with Crippen molar-refractivity contribution >= 4 is 57.8 Å². The second-order valence-corrected chi connectivity index (χ2v) is 9.16. The number of methoxy groups -OCH3 is 1. The Morgan fingerprint density at radius 3 is 2.68 bits per heavy atom. The number of benzene rings is 3. The van der Waals surface area contributed by atoms with E-state index in [1.54, 1.807) is 42.5 Å². The third-order valence-corrected chi connectivity index (χ3v) is 6.53. The first-order chi connectivity index (χ1) is 16.3. The lowest BCUT2D eigenvalue weighted by Gasteiger charge is -2.13. The molecule has 0 unspecified atom stereocenters. The van der Waals surface area contributed by atoms with Crippen molar-refractivity contribution in [3.05, 3.63) is 92.1 Å². The van der Waals surface area contributed by atoms with Gasteiger partial charge in [-0.3, -0.25) is 4.79 Å². The summed E-state index contributed by atoms with van der Waals surface area (Å²) in [5, 5.41) is 4.12. The van der Waals surface area contributed by atoms with Gasteiger partial charge in [-0.25, -0.2) is 9.38 Å². The van der Waals surface area contributed by atoms with Gasteiger partial charge in [-0.2, -0.15) is 0 Å². The van der Waals surface area contributed by atoms with Gasteiger partial charge in [-0.15, -0.1) is 0 Å². The molecule has 174 valence electrons. The average molecular weight is 517 g/mol. The third kappa shape index (κ3) is 5.55. The predicted molar refractivity (Wildman–Crippen MR) is 136 cm³/mol. The molecule has 0 spiro atoms. The van der Waals surface area contributed by atoms with Gasteiger partial charge >= 0.3 is 0 Å². The highest BCUT2D eigenvalue weighted by Gasteiger charge is 2.24. The van der Waals surface area contributed by atoms with Crippen LogP contribution in [0.5, 0.6) is 11.5 Å². The molecule has 1 aliphatic rings. The van der Waals surface area contributed by atoms with E-state index >= 15 is 0 Å². The standard InChI is InChI=1S/C25H19Cl2FN2O3S/c1-14-18(26)7-4-8-20(14)29-25-30-24(31)22(34-25)12-16-10-19(27)23(21(11-16)32-2)33-13-15-5-3-6-17(28)9-15/h3-12H,13H2,1-2H3,(H,29,30,31)/b22-12+. The fourth-order valence-corrected chi connectivity index (χ4v) is 4.48.